The van der Waals surface area contributed by atoms with Gasteiger partial charge >= 0.3 is 0 Å². The van der Waals surface area contributed by atoms with Gasteiger partial charge in [0.1, 0.15) is 17.5 Å². The molecule has 1 aromatic carbocycles. The van der Waals surface area contributed by atoms with Crippen LogP contribution in [-0.2, 0) is 7.05 Å². The molecule has 1 unspecified atom stereocenters. The maximum absolute atomic E-state index is 12.4. The molecule has 5 rings (SSSR count). The minimum Gasteiger partial charge on any atom is -0.384 e. The number of anilines is 1. The van der Waals surface area contributed by atoms with Gasteiger partial charge in [0.05, 0.1) is 0 Å². The number of benzene rings is 1. The molecule has 1 atom stereocenters. The van der Waals surface area contributed by atoms with Crippen molar-refractivity contribution in [3.8, 4) is 17.2 Å². The van der Waals surface area contributed by atoms with Crippen LogP contribution >= 0.6 is 0 Å². The summed E-state index contributed by atoms with van der Waals surface area (Å²) in [5, 5.41) is 10.7. The third-order valence-electron chi connectivity index (χ3n) is 8.15. The van der Waals surface area contributed by atoms with E-state index in [1.807, 2.05) is 24.3 Å². The molecular weight excluding hydrogens is 486 g/mol. The number of nitrogens with zero attached hydrogens (tertiary/aromatic N) is 6. The molecule has 2 N–H and O–H groups in total. The van der Waals surface area contributed by atoms with E-state index >= 15 is 0 Å². The summed E-state index contributed by atoms with van der Waals surface area (Å²) in [5.41, 5.74) is 13.2. The van der Waals surface area contributed by atoms with E-state index < -0.39 is 0 Å². The highest BCUT2D eigenvalue weighted by Crippen LogP contribution is 2.37. The van der Waals surface area contributed by atoms with Crippen molar-refractivity contribution in [1.82, 2.24) is 24.3 Å². The number of nitrogen functional groups attached to an aromatic ring is 1. The Balaban J connectivity index is 1.37. The Morgan fingerprint density at radius 1 is 1.13 bits per heavy atom. The van der Waals surface area contributed by atoms with Crippen molar-refractivity contribution in [2.75, 3.05) is 32.9 Å². The lowest BCUT2D eigenvalue weighted by Gasteiger charge is -2.37. The van der Waals surface area contributed by atoms with Crippen LogP contribution in [0, 0.1) is 18.3 Å². The van der Waals surface area contributed by atoms with Crippen LogP contribution in [0.2, 0.25) is 0 Å². The molecule has 8 nitrogen and oxygen atoms in total. The van der Waals surface area contributed by atoms with Gasteiger partial charge in [-0.05, 0) is 98.8 Å². The molecule has 1 aliphatic heterocycles. The van der Waals surface area contributed by atoms with Crippen LogP contribution in [0.15, 0.2) is 48.7 Å². The Morgan fingerprint density at radius 3 is 2.54 bits per heavy atom. The number of hydrogen-bond acceptors (Lipinski definition) is 6. The minimum atomic E-state index is 0.0393. The molecule has 0 bridgehead atoms. The highest BCUT2D eigenvalue weighted by molar-refractivity contribution is 5.95. The smallest absolute Gasteiger partial charge is 0.253 e. The Morgan fingerprint density at radius 2 is 1.87 bits per heavy atom. The van der Waals surface area contributed by atoms with Gasteiger partial charge in [-0.15, -0.1) is 0 Å². The number of pyridine rings is 2. The second-order valence-corrected chi connectivity index (χ2v) is 10.7. The predicted octanol–water partition coefficient (Wildman–Crippen LogP) is 5.04. The highest BCUT2D eigenvalue weighted by Gasteiger charge is 2.28. The average Bonchev–Trinajstić information content (AvgIpc) is 3.28. The zero-order valence-electron chi connectivity index (χ0n) is 23.3. The lowest BCUT2D eigenvalue weighted by Crippen LogP contribution is -2.35. The molecule has 8 heteroatoms. The molecule has 0 radical (unpaired) electrons. The first-order valence-corrected chi connectivity index (χ1v) is 13.4. The number of amides is 1. The van der Waals surface area contributed by atoms with Crippen LogP contribution in [0.5, 0.6) is 0 Å². The van der Waals surface area contributed by atoms with Gasteiger partial charge in [-0.25, -0.2) is 9.97 Å². The third-order valence-corrected chi connectivity index (χ3v) is 8.15. The summed E-state index contributed by atoms with van der Waals surface area (Å²) in [6.45, 7) is 6.36. The van der Waals surface area contributed by atoms with Crippen molar-refractivity contribution in [3.05, 3.63) is 76.7 Å². The van der Waals surface area contributed by atoms with Crippen LogP contribution in [-0.4, -0.2) is 57.4 Å². The average molecular weight is 522 g/mol. The molecule has 4 aromatic rings. The molecule has 1 aliphatic rings. The highest BCUT2D eigenvalue weighted by atomic mass is 16.2. The fourth-order valence-corrected chi connectivity index (χ4v) is 5.96. The summed E-state index contributed by atoms with van der Waals surface area (Å²) in [6, 6.07) is 16.3. The number of aromatic nitrogens is 3. The van der Waals surface area contributed by atoms with Gasteiger partial charge in [0.15, 0.2) is 5.69 Å². The molecular formula is C31H35N7O. The fourth-order valence-electron chi connectivity index (χ4n) is 5.96. The van der Waals surface area contributed by atoms with E-state index in [1.165, 1.54) is 16.8 Å². The number of carbonyl (C=O) groups excluding carboxylic acids is 1. The lowest BCUT2D eigenvalue weighted by atomic mass is 9.85. The Bertz CT molecular complexity index is 1590. The quantitative estimate of drug-likeness (QED) is 0.395. The number of rotatable bonds is 5. The standard InChI is InChI=1S/C31H35N7O/c1-19-16-22(31(39)36(3)4)6-7-23(19)21-11-14-38(15-12-21)20(2)28-17-26-24(10-13-34-30(26)37(28)5)25-8-9-29(33)35-27(25)18-32/h6-10,13,16-17,20-21H,11-12,14-15H2,1-5H3,(H2,33,35). The van der Waals surface area contributed by atoms with Gasteiger partial charge in [-0.1, -0.05) is 6.07 Å². The molecule has 1 saturated heterocycles. The second-order valence-electron chi connectivity index (χ2n) is 10.7. The zero-order valence-corrected chi connectivity index (χ0v) is 23.3. The van der Waals surface area contributed by atoms with Gasteiger partial charge < -0.3 is 15.2 Å². The van der Waals surface area contributed by atoms with E-state index in [4.69, 9.17) is 5.73 Å². The number of piperidine rings is 1. The van der Waals surface area contributed by atoms with Crippen LogP contribution in [0.25, 0.3) is 22.2 Å². The number of hydrogen-bond donors (Lipinski definition) is 1. The van der Waals surface area contributed by atoms with Crippen LogP contribution in [0.4, 0.5) is 5.82 Å². The number of carbonyl (C=O) groups is 1. The van der Waals surface area contributed by atoms with E-state index in [0.29, 0.717) is 17.4 Å². The first-order valence-electron chi connectivity index (χ1n) is 13.4. The maximum Gasteiger partial charge on any atom is 0.253 e. The van der Waals surface area contributed by atoms with Gasteiger partial charge in [0, 0.05) is 55.6 Å². The summed E-state index contributed by atoms with van der Waals surface area (Å²) in [7, 11) is 5.63. The molecule has 4 heterocycles. The summed E-state index contributed by atoms with van der Waals surface area (Å²) >= 11 is 0. The lowest BCUT2D eigenvalue weighted by molar-refractivity contribution is 0.0827. The number of likely N-dealkylation sites (tertiary alicyclic amines) is 1. The van der Waals surface area contributed by atoms with Crippen LogP contribution in [0.3, 0.4) is 0 Å². The largest absolute Gasteiger partial charge is 0.384 e. The summed E-state index contributed by atoms with van der Waals surface area (Å²) in [6.07, 6.45) is 3.93. The van der Waals surface area contributed by atoms with E-state index in [2.05, 4.69) is 58.5 Å². The third kappa shape index (κ3) is 4.86. The molecule has 3 aromatic heterocycles. The van der Waals surface area contributed by atoms with Gasteiger partial charge in [-0.2, -0.15) is 5.26 Å². The van der Waals surface area contributed by atoms with Crippen LogP contribution < -0.4 is 5.73 Å². The molecule has 1 fully saturated rings. The van der Waals surface area contributed by atoms with Crippen molar-refractivity contribution in [2.24, 2.45) is 7.05 Å². The maximum atomic E-state index is 12.4. The van der Waals surface area contributed by atoms with Crippen molar-refractivity contribution in [2.45, 2.75) is 38.6 Å². The summed E-state index contributed by atoms with van der Waals surface area (Å²) in [5.74, 6) is 0.858. The van der Waals surface area contributed by atoms with Crippen molar-refractivity contribution < 1.29 is 4.79 Å². The number of fused-ring (bicyclic) bond motifs is 1. The second kappa shape index (κ2) is 10.5. The number of nitrogens with two attached hydrogens (primary N) is 1. The van der Waals surface area contributed by atoms with Crippen molar-refractivity contribution in [1.29, 1.82) is 5.26 Å². The topological polar surface area (TPSA) is 104 Å². The zero-order chi connectivity index (χ0) is 27.8. The molecule has 0 spiro atoms. The van der Waals surface area contributed by atoms with Gasteiger partial charge in [0.25, 0.3) is 5.91 Å². The molecule has 0 saturated carbocycles. The fraction of sp³-hybridized carbons (Fsp3) is 0.355. The molecule has 200 valence electrons. The van der Waals surface area contributed by atoms with Crippen LogP contribution in [0.1, 0.15) is 64.6 Å². The van der Waals surface area contributed by atoms with E-state index in [9.17, 15) is 10.1 Å². The predicted molar refractivity (Wildman–Crippen MR) is 154 cm³/mol. The van der Waals surface area contributed by atoms with E-state index in [0.717, 1.165) is 53.7 Å². The monoisotopic (exact) mass is 521 g/mol. The molecule has 0 aliphatic carbocycles. The first kappa shape index (κ1) is 26.4. The molecule has 1 amide bonds. The first-order chi connectivity index (χ1) is 18.7. The Kier molecular flexibility index (Phi) is 7.11. The van der Waals surface area contributed by atoms with Crippen molar-refractivity contribution >= 4 is 22.8 Å². The van der Waals surface area contributed by atoms with E-state index in [1.54, 1.807) is 31.3 Å². The summed E-state index contributed by atoms with van der Waals surface area (Å²) < 4.78 is 2.16. The SMILES string of the molecule is Cc1cc(C(=O)N(C)C)ccc1C1CCN(C(C)c2cc3c(-c4ccc(N)nc4C#N)ccnc3n2C)CC1. The Labute approximate surface area is 229 Å². The normalized spacial score (nSPS) is 15.3. The summed E-state index contributed by atoms with van der Waals surface area (Å²) in [4.78, 5) is 25.4. The Hall–Kier alpha value is -4.22. The van der Waals surface area contributed by atoms with E-state index in [-0.39, 0.29) is 11.9 Å². The number of aryl methyl sites for hydroxylation is 2. The minimum absolute atomic E-state index is 0.0393. The number of nitriles is 1. The van der Waals surface area contributed by atoms with Gasteiger partial charge in [0.2, 0.25) is 0 Å². The van der Waals surface area contributed by atoms with Gasteiger partial charge in [-0.3, -0.25) is 9.69 Å². The van der Waals surface area contributed by atoms with Crippen molar-refractivity contribution in [3.63, 3.8) is 0 Å². The molecule has 39 heavy (non-hydrogen) atoms.